The van der Waals surface area contributed by atoms with E-state index in [0.717, 1.165) is 5.57 Å². The van der Waals surface area contributed by atoms with Crippen molar-refractivity contribution >= 4 is 5.97 Å². The molecule has 0 unspecified atom stereocenters. The molecule has 0 saturated carbocycles. The monoisotopic (exact) mass is 211 g/mol. The highest BCUT2D eigenvalue weighted by atomic mass is 16.6. The molecule has 0 saturated heterocycles. The largest absolute Gasteiger partial charge is 0.459 e. The van der Waals surface area contributed by atoms with E-state index in [1.54, 1.807) is 6.08 Å². The second-order valence-electron chi connectivity index (χ2n) is 3.55. The molecule has 1 aliphatic carbocycles. The number of azide groups is 1. The van der Waals surface area contributed by atoms with Crippen molar-refractivity contribution in [2.75, 3.05) is 0 Å². The van der Waals surface area contributed by atoms with Crippen LogP contribution in [0.2, 0.25) is 0 Å². The van der Waals surface area contributed by atoms with Crippen LogP contribution in [0.5, 0.6) is 0 Å². The van der Waals surface area contributed by atoms with Gasteiger partial charge in [0.1, 0.15) is 12.2 Å². The van der Waals surface area contributed by atoms with Gasteiger partial charge in [-0.1, -0.05) is 16.8 Å². The average Bonchev–Trinajstić information content (AvgIpc) is 2.12. The van der Waals surface area contributed by atoms with Crippen molar-refractivity contribution < 1.29 is 14.6 Å². The third-order valence-corrected chi connectivity index (χ3v) is 2.21. The molecule has 0 radical (unpaired) electrons. The summed E-state index contributed by atoms with van der Waals surface area (Å²) in [5.74, 6) is -0.451. The van der Waals surface area contributed by atoms with Crippen LogP contribution < -0.4 is 0 Å². The van der Waals surface area contributed by atoms with E-state index in [1.807, 2.05) is 6.92 Å². The first-order chi connectivity index (χ1) is 7.04. The van der Waals surface area contributed by atoms with E-state index in [1.165, 1.54) is 6.92 Å². The van der Waals surface area contributed by atoms with Gasteiger partial charge in [-0.3, -0.25) is 4.79 Å². The third kappa shape index (κ3) is 2.97. The fraction of sp³-hybridized carbons (Fsp3) is 0.667. The Morgan fingerprint density at radius 3 is 3.00 bits per heavy atom. The Labute approximate surface area is 87.2 Å². The minimum atomic E-state index is -0.964. The van der Waals surface area contributed by atoms with Gasteiger partial charge in [0.05, 0.1) is 6.04 Å². The second kappa shape index (κ2) is 4.82. The van der Waals surface area contributed by atoms with Gasteiger partial charge in [-0.05, 0) is 12.5 Å². The lowest BCUT2D eigenvalue weighted by molar-refractivity contribution is -0.153. The van der Waals surface area contributed by atoms with Gasteiger partial charge in [0.15, 0.2) is 0 Å². The zero-order valence-electron chi connectivity index (χ0n) is 8.62. The lowest BCUT2D eigenvalue weighted by Gasteiger charge is -2.30. The average molecular weight is 211 g/mol. The molecule has 0 aliphatic heterocycles. The summed E-state index contributed by atoms with van der Waals surface area (Å²) in [6.45, 7) is 3.12. The molecule has 0 bridgehead atoms. The van der Waals surface area contributed by atoms with Crippen LogP contribution in [0, 0.1) is 0 Å². The Kier molecular flexibility index (Phi) is 3.71. The van der Waals surface area contributed by atoms with Crippen molar-refractivity contribution in [1.82, 2.24) is 0 Å². The smallest absolute Gasteiger partial charge is 0.303 e. The standard InChI is InChI=1S/C9H13N3O3/c1-5-3-7(11-12-10)9(14)8(4-5)15-6(2)13/h3,7-9,14H,4H2,1-2H3/t7-,8+,9+/m0/s1. The molecule has 1 rings (SSSR count). The summed E-state index contributed by atoms with van der Waals surface area (Å²) in [6.07, 6.45) is 0.569. The maximum atomic E-state index is 10.8. The summed E-state index contributed by atoms with van der Waals surface area (Å²) < 4.78 is 4.94. The van der Waals surface area contributed by atoms with Gasteiger partial charge in [-0.2, -0.15) is 0 Å². The first kappa shape index (κ1) is 11.6. The topological polar surface area (TPSA) is 95.3 Å². The molecule has 3 atom stereocenters. The summed E-state index contributed by atoms with van der Waals surface area (Å²) >= 11 is 0. The number of carbonyl (C=O) groups excluding carboxylic acids is 1. The minimum absolute atomic E-state index is 0.451. The molecule has 0 aromatic rings. The van der Waals surface area contributed by atoms with Gasteiger partial charge >= 0.3 is 5.97 Å². The molecule has 15 heavy (non-hydrogen) atoms. The van der Waals surface area contributed by atoms with Crippen LogP contribution in [0.4, 0.5) is 0 Å². The predicted molar refractivity (Wildman–Crippen MR) is 52.9 cm³/mol. The van der Waals surface area contributed by atoms with Gasteiger partial charge in [0.2, 0.25) is 0 Å². The van der Waals surface area contributed by atoms with Crippen LogP contribution in [0.25, 0.3) is 10.4 Å². The predicted octanol–water partition coefficient (Wildman–Crippen LogP) is 1.31. The van der Waals surface area contributed by atoms with Crippen LogP contribution in [0.1, 0.15) is 20.3 Å². The highest BCUT2D eigenvalue weighted by molar-refractivity contribution is 5.66. The zero-order chi connectivity index (χ0) is 11.4. The maximum Gasteiger partial charge on any atom is 0.303 e. The lowest BCUT2D eigenvalue weighted by atomic mass is 9.92. The number of hydrogen-bond acceptors (Lipinski definition) is 4. The lowest BCUT2D eigenvalue weighted by Crippen LogP contribution is -2.41. The van der Waals surface area contributed by atoms with E-state index >= 15 is 0 Å². The number of aliphatic hydroxyl groups is 1. The minimum Gasteiger partial charge on any atom is -0.459 e. The molecule has 0 fully saturated rings. The van der Waals surface area contributed by atoms with Gasteiger partial charge in [0.25, 0.3) is 0 Å². The number of aliphatic hydroxyl groups excluding tert-OH is 1. The zero-order valence-corrected chi connectivity index (χ0v) is 8.62. The summed E-state index contributed by atoms with van der Waals surface area (Å²) in [5, 5.41) is 13.2. The number of nitrogens with zero attached hydrogens (tertiary/aromatic N) is 3. The Morgan fingerprint density at radius 2 is 2.47 bits per heavy atom. The Balaban J connectivity index is 2.82. The van der Waals surface area contributed by atoms with Crippen molar-refractivity contribution in [3.8, 4) is 0 Å². The van der Waals surface area contributed by atoms with Gasteiger partial charge in [-0.15, -0.1) is 0 Å². The van der Waals surface area contributed by atoms with Gasteiger partial charge < -0.3 is 9.84 Å². The number of ether oxygens (including phenoxy) is 1. The number of rotatable bonds is 2. The second-order valence-corrected chi connectivity index (χ2v) is 3.55. The van der Waals surface area contributed by atoms with Crippen LogP contribution >= 0.6 is 0 Å². The van der Waals surface area contributed by atoms with Crippen molar-refractivity contribution in [2.24, 2.45) is 5.11 Å². The van der Waals surface area contributed by atoms with E-state index in [0.29, 0.717) is 6.42 Å². The molecule has 0 aromatic carbocycles. The molecule has 1 N–H and O–H groups in total. The molecule has 0 heterocycles. The molecular weight excluding hydrogens is 198 g/mol. The Hall–Kier alpha value is -1.52. The molecule has 1 aliphatic rings. The summed E-state index contributed by atoms with van der Waals surface area (Å²) in [7, 11) is 0. The Morgan fingerprint density at radius 1 is 1.80 bits per heavy atom. The first-order valence-electron chi connectivity index (χ1n) is 4.61. The normalized spacial score (nSPS) is 30.1. The molecular formula is C9H13N3O3. The summed E-state index contributed by atoms with van der Waals surface area (Å²) in [6, 6.07) is -0.659. The highest BCUT2D eigenvalue weighted by Crippen LogP contribution is 2.23. The third-order valence-electron chi connectivity index (χ3n) is 2.21. The quantitative estimate of drug-likeness (QED) is 0.245. The van der Waals surface area contributed by atoms with Crippen LogP contribution in [-0.2, 0) is 9.53 Å². The van der Waals surface area contributed by atoms with Crippen molar-refractivity contribution in [3.63, 3.8) is 0 Å². The van der Waals surface area contributed by atoms with E-state index in [4.69, 9.17) is 10.3 Å². The van der Waals surface area contributed by atoms with E-state index in [9.17, 15) is 9.90 Å². The number of carbonyl (C=O) groups is 1. The molecule has 6 heteroatoms. The Bertz CT molecular complexity index is 333. The van der Waals surface area contributed by atoms with Crippen LogP contribution in [0.15, 0.2) is 16.8 Å². The van der Waals surface area contributed by atoms with E-state index in [2.05, 4.69) is 10.0 Å². The highest BCUT2D eigenvalue weighted by Gasteiger charge is 2.32. The van der Waals surface area contributed by atoms with Crippen molar-refractivity contribution in [1.29, 1.82) is 0 Å². The SMILES string of the molecule is CC(=O)O[C@@H]1CC(C)=C[C@H](N=[N+]=[N-])[C@H]1O. The number of hydrogen-bond donors (Lipinski definition) is 1. The molecule has 6 nitrogen and oxygen atoms in total. The maximum absolute atomic E-state index is 10.8. The van der Waals surface area contributed by atoms with Gasteiger partial charge in [0, 0.05) is 18.3 Å². The summed E-state index contributed by atoms with van der Waals surface area (Å²) in [5.41, 5.74) is 9.24. The molecule has 0 spiro atoms. The summed E-state index contributed by atoms with van der Waals surface area (Å²) in [4.78, 5) is 13.4. The molecule has 82 valence electrons. The number of esters is 1. The fourth-order valence-electron chi connectivity index (χ4n) is 1.60. The fourth-order valence-corrected chi connectivity index (χ4v) is 1.60. The molecule has 0 aromatic heterocycles. The van der Waals surface area contributed by atoms with Gasteiger partial charge in [-0.25, -0.2) is 0 Å². The van der Waals surface area contributed by atoms with E-state index < -0.39 is 24.2 Å². The van der Waals surface area contributed by atoms with Crippen molar-refractivity contribution in [3.05, 3.63) is 22.1 Å². The van der Waals surface area contributed by atoms with Crippen molar-refractivity contribution in [2.45, 2.75) is 38.5 Å². The van der Waals surface area contributed by atoms with Crippen LogP contribution in [-0.4, -0.2) is 29.3 Å². The first-order valence-corrected chi connectivity index (χ1v) is 4.61. The van der Waals surface area contributed by atoms with E-state index in [-0.39, 0.29) is 0 Å². The van der Waals surface area contributed by atoms with Crippen LogP contribution in [0.3, 0.4) is 0 Å². The molecule has 0 amide bonds.